The third-order valence-corrected chi connectivity index (χ3v) is 3.92. The summed E-state index contributed by atoms with van der Waals surface area (Å²) in [4.78, 5) is 12.4. The van der Waals surface area contributed by atoms with Gasteiger partial charge in [0.15, 0.2) is 5.78 Å². The van der Waals surface area contributed by atoms with Crippen LogP contribution in [0.5, 0.6) is 17.2 Å². The Bertz CT molecular complexity index is 939. The van der Waals surface area contributed by atoms with Gasteiger partial charge in [0.25, 0.3) is 0 Å². The van der Waals surface area contributed by atoms with Crippen molar-refractivity contribution in [1.82, 2.24) is 0 Å². The second-order valence-corrected chi connectivity index (χ2v) is 5.51. The maximum absolute atomic E-state index is 12.4. The van der Waals surface area contributed by atoms with E-state index in [2.05, 4.69) is 0 Å². The molecule has 0 aliphatic rings. The Morgan fingerprint density at radius 1 is 1.04 bits per heavy atom. The van der Waals surface area contributed by atoms with Crippen molar-refractivity contribution in [2.24, 2.45) is 0 Å². The SMILES string of the molecule is COc1ccc(OC)c(-c2cc(C(=O)/C=C/c3ccco3)ccc2O)c1. The van der Waals surface area contributed by atoms with E-state index in [1.807, 2.05) is 0 Å². The minimum Gasteiger partial charge on any atom is -0.507 e. The van der Waals surface area contributed by atoms with Gasteiger partial charge in [-0.3, -0.25) is 4.79 Å². The summed E-state index contributed by atoms with van der Waals surface area (Å²) in [6.45, 7) is 0. The predicted molar refractivity (Wildman–Crippen MR) is 98.7 cm³/mol. The van der Waals surface area contributed by atoms with Crippen molar-refractivity contribution >= 4 is 11.9 Å². The van der Waals surface area contributed by atoms with Gasteiger partial charge < -0.3 is 19.0 Å². The number of phenolic OH excluding ortho intramolecular Hbond substituents is 1. The minimum absolute atomic E-state index is 0.0446. The average molecular weight is 350 g/mol. The van der Waals surface area contributed by atoms with Crippen molar-refractivity contribution in [3.8, 4) is 28.4 Å². The summed E-state index contributed by atoms with van der Waals surface area (Å²) in [6, 6.07) is 13.5. The molecule has 5 nitrogen and oxygen atoms in total. The lowest BCUT2D eigenvalue weighted by Crippen LogP contribution is -1.96. The molecule has 0 aliphatic heterocycles. The number of hydrogen-bond acceptors (Lipinski definition) is 5. The van der Waals surface area contributed by atoms with Crippen molar-refractivity contribution in [2.75, 3.05) is 14.2 Å². The van der Waals surface area contributed by atoms with E-state index in [0.29, 0.717) is 33.9 Å². The number of benzene rings is 2. The van der Waals surface area contributed by atoms with Crippen LogP contribution < -0.4 is 9.47 Å². The van der Waals surface area contributed by atoms with E-state index in [-0.39, 0.29) is 11.5 Å². The molecule has 0 aliphatic carbocycles. The van der Waals surface area contributed by atoms with Crippen molar-refractivity contribution in [3.63, 3.8) is 0 Å². The number of rotatable bonds is 6. The van der Waals surface area contributed by atoms with Crippen molar-refractivity contribution < 1.29 is 23.8 Å². The van der Waals surface area contributed by atoms with Gasteiger partial charge in [-0.25, -0.2) is 0 Å². The molecule has 5 heteroatoms. The molecule has 3 aromatic rings. The Kier molecular flexibility index (Phi) is 5.08. The molecule has 132 valence electrons. The average Bonchev–Trinajstić information content (AvgIpc) is 3.19. The first-order chi connectivity index (χ1) is 12.6. The van der Waals surface area contributed by atoms with E-state index < -0.39 is 0 Å². The van der Waals surface area contributed by atoms with Crippen LogP contribution in [0.2, 0.25) is 0 Å². The molecule has 0 unspecified atom stereocenters. The smallest absolute Gasteiger partial charge is 0.185 e. The topological polar surface area (TPSA) is 68.9 Å². The second kappa shape index (κ2) is 7.61. The Morgan fingerprint density at radius 3 is 2.58 bits per heavy atom. The van der Waals surface area contributed by atoms with Gasteiger partial charge in [0.05, 0.1) is 20.5 Å². The molecule has 0 radical (unpaired) electrons. The summed E-state index contributed by atoms with van der Waals surface area (Å²) in [7, 11) is 3.11. The van der Waals surface area contributed by atoms with Gasteiger partial charge >= 0.3 is 0 Å². The van der Waals surface area contributed by atoms with Crippen LogP contribution in [-0.2, 0) is 0 Å². The molecule has 1 heterocycles. The quantitative estimate of drug-likeness (QED) is 0.521. The number of allylic oxidation sites excluding steroid dienone is 1. The van der Waals surface area contributed by atoms with E-state index in [0.717, 1.165) is 0 Å². The molecule has 2 aromatic carbocycles. The molecule has 0 spiro atoms. The molecular formula is C21H18O5. The first-order valence-electron chi connectivity index (χ1n) is 7.93. The van der Waals surface area contributed by atoms with Crippen LogP contribution in [0.1, 0.15) is 16.1 Å². The minimum atomic E-state index is -0.204. The molecule has 0 amide bonds. The maximum Gasteiger partial charge on any atom is 0.185 e. The van der Waals surface area contributed by atoms with Gasteiger partial charge in [-0.05, 0) is 60.7 Å². The fraction of sp³-hybridized carbons (Fsp3) is 0.0952. The normalized spacial score (nSPS) is 10.8. The number of ketones is 1. The first kappa shape index (κ1) is 17.4. The Hall–Kier alpha value is -3.47. The molecule has 1 aromatic heterocycles. The van der Waals surface area contributed by atoms with Crippen LogP contribution in [0.3, 0.4) is 0 Å². The third-order valence-electron chi connectivity index (χ3n) is 3.92. The monoisotopic (exact) mass is 350 g/mol. The number of ether oxygens (including phenoxy) is 2. The molecular weight excluding hydrogens is 332 g/mol. The first-order valence-corrected chi connectivity index (χ1v) is 7.93. The lowest BCUT2D eigenvalue weighted by molar-refractivity contribution is 0.104. The van der Waals surface area contributed by atoms with Gasteiger partial charge in [-0.2, -0.15) is 0 Å². The van der Waals surface area contributed by atoms with Gasteiger partial charge in [0.2, 0.25) is 0 Å². The van der Waals surface area contributed by atoms with Crippen molar-refractivity contribution in [2.45, 2.75) is 0 Å². The summed E-state index contributed by atoms with van der Waals surface area (Å²) < 4.78 is 15.8. The standard InChI is InChI=1S/C21H18O5/c1-24-16-7-10-21(25-2)18(13-16)17-12-14(5-8-20(17)23)19(22)9-6-15-4-3-11-26-15/h3-13,23H,1-2H3/b9-6+. The van der Waals surface area contributed by atoms with E-state index in [1.54, 1.807) is 62.8 Å². The molecule has 0 saturated heterocycles. The molecule has 3 rings (SSSR count). The predicted octanol–water partition coefficient (Wildman–Crippen LogP) is 4.57. The summed E-state index contributed by atoms with van der Waals surface area (Å²) in [5.74, 6) is 1.62. The fourth-order valence-corrected chi connectivity index (χ4v) is 2.57. The Balaban J connectivity index is 1.99. The van der Waals surface area contributed by atoms with Crippen LogP contribution in [0.25, 0.3) is 17.2 Å². The highest BCUT2D eigenvalue weighted by Gasteiger charge is 2.14. The molecule has 0 atom stereocenters. The zero-order valence-electron chi connectivity index (χ0n) is 14.4. The number of carbonyl (C=O) groups is 1. The van der Waals surface area contributed by atoms with Gasteiger partial charge in [-0.1, -0.05) is 0 Å². The van der Waals surface area contributed by atoms with Gasteiger partial charge in [0, 0.05) is 16.7 Å². The van der Waals surface area contributed by atoms with E-state index >= 15 is 0 Å². The Labute approximate surface area is 151 Å². The highest BCUT2D eigenvalue weighted by atomic mass is 16.5. The summed E-state index contributed by atoms with van der Waals surface area (Å²) >= 11 is 0. The Morgan fingerprint density at radius 2 is 1.88 bits per heavy atom. The van der Waals surface area contributed by atoms with Crippen LogP contribution in [-0.4, -0.2) is 25.1 Å². The van der Waals surface area contributed by atoms with Gasteiger partial charge in [-0.15, -0.1) is 0 Å². The van der Waals surface area contributed by atoms with Crippen LogP contribution >= 0.6 is 0 Å². The van der Waals surface area contributed by atoms with Crippen LogP contribution in [0, 0.1) is 0 Å². The third kappa shape index (κ3) is 3.62. The lowest BCUT2D eigenvalue weighted by atomic mass is 9.99. The van der Waals surface area contributed by atoms with E-state index in [1.165, 1.54) is 18.4 Å². The molecule has 26 heavy (non-hydrogen) atoms. The number of aromatic hydroxyl groups is 1. The van der Waals surface area contributed by atoms with Crippen LogP contribution in [0.4, 0.5) is 0 Å². The number of methoxy groups -OCH3 is 2. The fourth-order valence-electron chi connectivity index (χ4n) is 2.57. The molecule has 0 fully saturated rings. The number of carbonyl (C=O) groups excluding carboxylic acids is 1. The summed E-state index contributed by atoms with van der Waals surface area (Å²) in [6.07, 6.45) is 4.57. The largest absolute Gasteiger partial charge is 0.507 e. The number of furan rings is 1. The highest BCUT2D eigenvalue weighted by Crippen LogP contribution is 2.38. The number of phenols is 1. The van der Waals surface area contributed by atoms with E-state index in [4.69, 9.17) is 13.9 Å². The van der Waals surface area contributed by atoms with Crippen LogP contribution in [0.15, 0.2) is 65.3 Å². The zero-order chi connectivity index (χ0) is 18.5. The molecule has 0 bridgehead atoms. The van der Waals surface area contributed by atoms with Crippen molar-refractivity contribution in [1.29, 1.82) is 0 Å². The summed E-state index contributed by atoms with van der Waals surface area (Å²) in [5, 5.41) is 10.3. The van der Waals surface area contributed by atoms with Crippen molar-refractivity contribution in [3.05, 3.63) is 72.2 Å². The second-order valence-electron chi connectivity index (χ2n) is 5.51. The van der Waals surface area contributed by atoms with E-state index in [9.17, 15) is 9.90 Å². The maximum atomic E-state index is 12.4. The number of hydrogen-bond donors (Lipinski definition) is 1. The zero-order valence-corrected chi connectivity index (χ0v) is 14.4. The molecule has 0 saturated carbocycles. The molecule has 1 N–H and O–H groups in total. The lowest BCUT2D eigenvalue weighted by Gasteiger charge is -2.12. The summed E-state index contributed by atoms with van der Waals surface area (Å²) in [5.41, 5.74) is 1.55. The van der Waals surface area contributed by atoms with Gasteiger partial charge in [0.1, 0.15) is 23.0 Å². The highest BCUT2D eigenvalue weighted by molar-refractivity contribution is 6.07.